The molecule has 1 atom stereocenters. The first-order valence-corrected chi connectivity index (χ1v) is 17.7. The minimum atomic E-state index is -0.898. The molecule has 0 saturated carbocycles. The Balaban J connectivity index is 1.09. The predicted octanol–water partition coefficient (Wildman–Crippen LogP) is 4.56. The topological polar surface area (TPSA) is 97.5 Å². The Hall–Kier alpha value is -3.15. The molecule has 1 unspecified atom stereocenters. The molecule has 46 heavy (non-hydrogen) atoms. The van der Waals surface area contributed by atoms with Gasteiger partial charge in [-0.3, -0.25) is 9.69 Å². The average Bonchev–Trinajstić information content (AvgIpc) is 3.25. The number of anilines is 1. The minimum absolute atomic E-state index is 0.0424. The van der Waals surface area contributed by atoms with E-state index in [0.29, 0.717) is 58.0 Å². The molecule has 11 heteroatoms. The molecule has 4 heterocycles. The molecule has 2 aromatic carbocycles. The van der Waals surface area contributed by atoms with E-state index in [2.05, 4.69) is 49.7 Å². The molecule has 0 radical (unpaired) electrons. The van der Waals surface area contributed by atoms with Crippen LogP contribution in [-0.2, 0) is 22.4 Å². The van der Waals surface area contributed by atoms with Gasteiger partial charge in [-0.05, 0) is 87.4 Å². The number of hydrogen-bond acceptors (Lipinski definition) is 6. The highest BCUT2D eigenvalue weighted by molar-refractivity contribution is 9.10. The first-order valence-electron chi connectivity index (χ1n) is 16.9. The van der Waals surface area contributed by atoms with Gasteiger partial charge in [-0.1, -0.05) is 46.3 Å². The zero-order valence-corrected chi connectivity index (χ0v) is 28.7. The fourth-order valence-corrected chi connectivity index (χ4v) is 7.75. The average molecular weight is 696 g/mol. The van der Waals surface area contributed by atoms with Gasteiger partial charge in [0.2, 0.25) is 0 Å². The molecule has 6 rings (SSSR count). The van der Waals surface area contributed by atoms with Gasteiger partial charge in [-0.25, -0.2) is 9.59 Å². The Morgan fingerprint density at radius 2 is 1.57 bits per heavy atom. The van der Waals surface area contributed by atoms with Crippen molar-refractivity contribution in [2.45, 2.75) is 70.6 Å². The lowest BCUT2D eigenvalue weighted by atomic mass is 10.0. The number of amides is 4. The maximum absolute atomic E-state index is 14.0. The van der Waals surface area contributed by atoms with Gasteiger partial charge in [0.25, 0.3) is 5.91 Å². The Morgan fingerprint density at radius 3 is 2.26 bits per heavy atom. The molecule has 0 aromatic heterocycles. The van der Waals surface area contributed by atoms with Crippen LogP contribution < -0.4 is 10.6 Å². The number of piperidine rings is 2. The fraction of sp³-hybridized carbons (Fsp3) is 0.571. The Labute approximate surface area is 280 Å². The molecule has 4 amide bonds. The molecule has 2 N–H and O–H groups in total. The molecular formula is C35H47BrN6O4. The van der Waals surface area contributed by atoms with E-state index in [4.69, 9.17) is 4.74 Å². The van der Waals surface area contributed by atoms with Crippen molar-refractivity contribution in [3.05, 3.63) is 63.1 Å². The Kier molecular flexibility index (Phi) is 10.5. The molecule has 0 aliphatic carbocycles. The normalized spacial score (nSPS) is 20.9. The summed E-state index contributed by atoms with van der Waals surface area (Å²) in [6.45, 7) is 10.7. The van der Waals surface area contributed by atoms with Crippen molar-refractivity contribution in [1.82, 2.24) is 24.9 Å². The maximum atomic E-state index is 14.0. The number of fused-ring (bicyclic) bond motifs is 1. The number of rotatable bonds is 6. The van der Waals surface area contributed by atoms with Crippen molar-refractivity contribution >= 4 is 39.6 Å². The highest BCUT2D eigenvalue weighted by atomic mass is 79.9. The Bertz CT molecular complexity index is 1390. The van der Waals surface area contributed by atoms with Gasteiger partial charge in [0, 0.05) is 74.5 Å². The number of urea groups is 1. The zero-order chi connectivity index (χ0) is 32.2. The fourth-order valence-electron chi connectivity index (χ4n) is 7.52. The minimum Gasteiger partial charge on any atom is -0.436 e. The second-order valence-electron chi connectivity index (χ2n) is 13.2. The van der Waals surface area contributed by atoms with Gasteiger partial charge in [-0.15, -0.1) is 0 Å². The molecule has 4 aliphatic heterocycles. The van der Waals surface area contributed by atoms with Gasteiger partial charge >= 0.3 is 12.1 Å². The van der Waals surface area contributed by atoms with Crippen LogP contribution in [0.5, 0.6) is 0 Å². The molecule has 4 aliphatic rings. The van der Waals surface area contributed by atoms with Crippen LogP contribution in [0.3, 0.4) is 0 Å². The monoisotopic (exact) mass is 694 g/mol. The van der Waals surface area contributed by atoms with Gasteiger partial charge in [-0.2, -0.15) is 0 Å². The number of nitrogens with zero attached hydrogens (tertiary/aromatic N) is 4. The van der Waals surface area contributed by atoms with Crippen LogP contribution in [0.25, 0.3) is 0 Å². The molecule has 0 spiro atoms. The third-order valence-corrected chi connectivity index (χ3v) is 11.4. The SMILES string of the molecule is Cc1cc(CC(OC(=O)N2CCC(N3CCc4ccccc4NC3=O)CC2)C(=O)N2CCN(C3CCNCC3)CC2)cc(C)c1Br. The summed E-state index contributed by atoms with van der Waals surface area (Å²) >= 11 is 3.65. The highest BCUT2D eigenvalue weighted by Crippen LogP contribution is 2.27. The van der Waals surface area contributed by atoms with E-state index in [9.17, 15) is 14.4 Å². The lowest BCUT2D eigenvalue weighted by Crippen LogP contribution is -2.56. The van der Waals surface area contributed by atoms with Crippen molar-refractivity contribution in [2.24, 2.45) is 0 Å². The number of carbonyl (C=O) groups excluding carboxylic acids is 3. The molecule has 3 fully saturated rings. The lowest BCUT2D eigenvalue weighted by molar-refractivity contribution is -0.143. The number of para-hydroxylation sites is 1. The number of carbonyl (C=O) groups is 3. The van der Waals surface area contributed by atoms with Crippen LogP contribution in [0.4, 0.5) is 15.3 Å². The summed E-state index contributed by atoms with van der Waals surface area (Å²) in [4.78, 5) is 48.7. The second kappa shape index (κ2) is 14.7. The first-order chi connectivity index (χ1) is 22.3. The largest absolute Gasteiger partial charge is 0.436 e. The van der Waals surface area contributed by atoms with E-state index in [1.54, 1.807) is 4.90 Å². The van der Waals surface area contributed by atoms with Gasteiger partial charge in [0.15, 0.2) is 6.10 Å². The molecular weight excluding hydrogens is 648 g/mol. The van der Waals surface area contributed by atoms with Gasteiger partial charge in [0.05, 0.1) is 0 Å². The summed E-state index contributed by atoms with van der Waals surface area (Å²) < 4.78 is 7.15. The number of piperazine rings is 1. The number of aryl methyl sites for hydroxylation is 2. The quantitative estimate of drug-likeness (QED) is 0.460. The third kappa shape index (κ3) is 7.52. The van der Waals surface area contributed by atoms with Crippen molar-refractivity contribution in [3.63, 3.8) is 0 Å². The molecule has 10 nitrogen and oxygen atoms in total. The van der Waals surface area contributed by atoms with Crippen molar-refractivity contribution in [1.29, 1.82) is 0 Å². The van der Waals surface area contributed by atoms with E-state index in [1.165, 1.54) is 0 Å². The van der Waals surface area contributed by atoms with E-state index < -0.39 is 12.2 Å². The number of likely N-dealkylation sites (tertiary alicyclic amines) is 1. The lowest BCUT2D eigenvalue weighted by Gasteiger charge is -2.41. The summed E-state index contributed by atoms with van der Waals surface area (Å²) in [6.07, 6.45) is 3.39. The summed E-state index contributed by atoms with van der Waals surface area (Å²) in [5.74, 6) is -0.118. The Morgan fingerprint density at radius 1 is 0.891 bits per heavy atom. The van der Waals surface area contributed by atoms with E-state index in [0.717, 1.165) is 77.9 Å². The van der Waals surface area contributed by atoms with Crippen molar-refractivity contribution in [2.75, 3.05) is 64.2 Å². The molecule has 3 saturated heterocycles. The summed E-state index contributed by atoms with van der Waals surface area (Å²) in [5, 5.41) is 6.50. The predicted molar refractivity (Wildman–Crippen MR) is 182 cm³/mol. The number of benzene rings is 2. The maximum Gasteiger partial charge on any atom is 0.410 e. The van der Waals surface area contributed by atoms with Crippen LogP contribution >= 0.6 is 15.9 Å². The first kappa shape index (κ1) is 32.8. The van der Waals surface area contributed by atoms with Crippen LogP contribution in [0, 0.1) is 13.8 Å². The summed E-state index contributed by atoms with van der Waals surface area (Å²) in [5.41, 5.74) is 5.16. The van der Waals surface area contributed by atoms with E-state index >= 15 is 0 Å². The van der Waals surface area contributed by atoms with Crippen molar-refractivity contribution in [3.8, 4) is 0 Å². The van der Waals surface area contributed by atoms with Crippen molar-refractivity contribution < 1.29 is 19.1 Å². The van der Waals surface area contributed by atoms with Gasteiger partial charge in [0.1, 0.15) is 0 Å². The third-order valence-electron chi connectivity index (χ3n) is 10.2. The standard InChI is InChI=1S/C35H47BrN6O4/c1-24-21-26(22-25(2)32(24)36)23-31(33(43)40-19-17-39(18-20-40)28-7-12-37-13-8-28)46-35(45)41-14-10-29(11-15-41)42-16-9-27-5-3-4-6-30(27)38-34(42)44/h3-6,21-22,28-29,31,37H,7-20,23H2,1-2H3,(H,38,44). The number of ether oxygens (including phenoxy) is 1. The highest BCUT2D eigenvalue weighted by Gasteiger charge is 2.36. The summed E-state index contributed by atoms with van der Waals surface area (Å²) in [6, 6.07) is 12.6. The van der Waals surface area contributed by atoms with Gasteiger partial charge < -0.3 is 30.1 Å². The molecule has 2 aromatic rings. The number of halogens is 1. The second-order valence-corrected chi connectivity index (χ2v) is 14.0. The van der Waals surface area contributed by atoms with Crippen LogP contribution in [-0.4, -0.2) is 115 Å². The van der Waals surface area contributed by atoms with E-state index in [-0.39, 0.29) is 18.0 Å². The van der Waals surface area contributed by atoms with Crippen LogP contribution in [0.15, 0.2) is 40.9 Å². The van der Waals surface area contributed by atoms with Crippen LogP contribution in [0.1, 0.15) is 47.9 Å². The molecule has 0 bridgehead atoms. The molecule has 248 valence electrons. The number of hydrogen-bond donors (Lipinski definition) is 2. The van der Waals surface area contributed by atoms with E-state index in [1.807, 2.05) is 41.8 Å². The smallest absolute Gasteiger partial charge is 0.410 e. The number of nitrogens with one attached hydrogen (secondary N) is 2. The summed E-state index contributed by atoms with van der Waals surface area (Å²) in [7, 11) is 0. The van der Waals surface area contributed by atoms with Crippen LogP contribution in [0.2, 0.25) is 0 Å². The zero-order valence-electron chi connectivity index (χ0n) is 27.1.